The Morgan fingerprint density at radius 3 is 2.79 bits per heavy atom. The standard InChI is InChI=1S/C29H32N6O3/c30-28-27-26(33-29(21-5-2-6-21)35(27)11-10-31-28)22-7-3-9-24(17-22)38-19-20-4-1-8-23(16-20)32-25(36)18-34-12-14-37-15-13-34/h1,3-4,7-11,16-17,21H,2,5-6,12-15,18-19H2,(H2,30,31)(H,32,36). The van der Waals surface area contributed by atoms with E-state index in [1.54, 1.807) is 6.20 Å². The molecule has 0 spiro atoms. The van der Waals surface area contributed by atoms with Gasteiger partial charge in [-0.1, -0.05) is 30.7 Å². The summed E-state index contributed by atoms with van der Waals surface area (Å²) in [6.07, 6.45) is 7.21. The van der Waals surface area contributed by atoms with Crippen LogP contribution in [0.4, 0.5) is 11.5 Å². The van der Waals surface area contributed by atoms with Gasteiger partial charge in [-0.2, -0.15) is 0 Å². The summed E-state index contributed by atoms with van der Waals surface area (Å²) in [5.74, 6) is 2.69. The summed E-state index contributed by atoms with van der Waals surface area (Å²) in [6.45, 7) is 3.63. The first-order valence-electron chi connectivity index (χ1n) is 13.2. The predicted octanol–water partition coefficient (Wildman–Crippen LogP) is 4.10. The molecule has 2 aromatic carbocycles. The van der Waals surface area contributed by atoms with E-state index < -0.39 is 0 Å². The summed E-state index contributed by atoms with van der Waals surface area (Å²) in [4.78, 5) is 23.9. The molecule has 2 fully saturated rings. The zero-order valence-corrected chi connectivity index (χ0v) is 21.3. The molecule has 2 aromatic heterocycles. The van der Waals surface area contributed by atoms with Crippen molar-refractivity contribution in [3.8, 4) is 17.0 Å². The van der Waals surface area contributed by atoms with Crippen molar-refractivity contribution >= 4 is 22.9 Å². The van der Waals surface area contributed by atoms with Crippen LogP contribution in [0.15, 0.2) is 60.9 Å². The maximum Gasteiger partial charge on any atom is 0.238 e. The molecular formula is C29H32N6O3. The SMILES string of the molecule is Nc1nccn2c(C3CCC3)nc(-c3cccc(OCc4cccc(NC(=O)CN5CCOCC5)c4)c3)c12. The van der Waals surface area contributed by atoms with Crippen LogP contribution >= 0.6 is 0 Å². The molecule has 9 heteroatoms. The van der Waals surface area contributed by atoms with E-state index in [0.29, 0.717) is 38.1 Å². The number of carbonyl (C=O) groups is 1. The van der Waals surface area contributed by atoms with Gasteiger partial charge in [-0.15, -0.1) is 0 Å². The highest BCUT2D eigenvalue weighted by atomic mass is 16.5. The molecule has 4 aromatic rings. The Kier molecular flexibility index (Phi) is 6.94. The quantitative estimate of drug-likeness (QED) is 0.366. The summed E-state index contributed by atoms with van der Waals surface area (Å²) < 4.78 is 13.6. The first-order chi connectivity index (χ1) is 18.6. The lowest BCUT2D eigenvalue weighted by Gasteiger charge is -2.25. The molecule has 1 saturated heterocycles. The van der Waals surface area contributed by atoms with Crippen LogP contribution < -0.4 is 15.8 Å². The molecule has 9 nitrogen and oxygen atoms in total. The molecule has 0 bridgehead atoms. The lowest BCUT2D eigenvalue weighted by atomic mass is 9.85. The molecule has 6 rings (SSSR count). The van der Waals surface area contributed by atoms with Gasteiger partial charge in [-0.25, -0.2) is 9.97 Å². The van der Waals surface area contributed by atoms with Gasteiger partial charge >= 0.3 is 0 Å². The summed E-state index contributed by atoms with van der Waals surface area (Å²) >= 11 is 0. The van der Waals surface area contributed by atoms with Crippen molar-refractivity contribution in [3.05, 3.63) is 72.3 Å². The van der Waals surface area contributed by atoms with Crippen molar-refractivity contribution in [1.29, 1.82) is 0 Å². The van der Waals surface area contributed by atoms with Crippen molar-refractivity contribution in [2.24, 2.45) is 0 Å². The van der Waals surface area contributed by atoms with Gasteiger partial charge in [-0.3, -0.25) is 14.1 Å². The largest absolute Gasteiger partial charge is 0.489 e. The number of benzene rings is 2. The fraction of sp³-hybridized carbons (Fsp3) is 0.345. The number of nitrogens with one attached hydrogen (secondary N) is 1. The Bertz CT molecular complexity index is 1440. The third-order valence-corrected chi connectivity index (χ3v) is 7.28. The first kappa shape index (κ1) is 24.4. The number of hydrogen-bond donors (Lipinski definition) is 2. The number of anilines is 2. The van der Waals surface area contributed by atoms with Crippen molar-refractivity contribution < 1.29 is 14.3 Å². The number of aromatic nitrogens is 3. The highest BCUT2D eigenvalue weighted by Gasteiger charge is 2.27. The second-order valence-electron chi connectivity index (χ2n) is 9.93. The zero-order chi connectivity index (χ0) is 25.9. The fourth-order valence-electron chi connectivity index (χ4n) is 5.04. The van der Waals surface area contributed by atoms with Crippen LogP contribution in [0.3, 0.4) is 0 Å². The number of amides is 1. The van der Waals surface area contributed by atoms with Gasteiger partial charge in [0, 0.05) is 42.7 Å². The van der Waals surface area contributed by atoms with Gasteiger partial charge in [0.25, 0.3) is 0 Å². The normalized spacial score (nSPS) is 16.3. The molecule has 0 unspecified atom stereocenters. The van der Waals surface area contributed by atoms with Crippen LogP contribution in [0.25, 0.3) is 16.8 Å². The molecule has 38 heavy (non-hydrogen) atoms. The van der Waals surface area contributed by atoms with E-state index in [1.807, 2.05) is 54.7 Å². The summed E-state index contributed by atoms with van der Waals surface area (Å²) in [5, 5.41) is 3.00. The van der Waals surface area contributed by atoms with E-state index in [9.17, 15) is 4.79 Å². The van der Waals surface area contributed by atoms with Gasteiger partial charge in [0.05, 0.1) is 19.8 Å². The minimum atomic E-state index is -0.0278. The second-order valence-corrected chi connectivity index (χ2v) is 9.93. The van der Waals surface area contributed by atoms with E-state index in [1.165, 1.54) is 6.42 Å². The summed E-state index contributed by atoms with van der Waals surface area (Å²) in [5.41, 5.74) is 10.6. The molecule has 2 aliphatic rings. The van der Waals surface area contributed by atoms with Crippen molar-refractivity contribution in [3.63, 3.8) is 0 Å². The van der Waals surface area contributed by atoms with E-state index in [4.69, 9.17) is 20.2 Å². The molecule has 3 N–H and O–H groups in total. The van der Waals surface area contributed by atoms with Crippen molar-refractivity contribution in [1.82, 2.24) is 19.3 Å². The van der Waals surface area contributed by atoms with Crippen molar-refractivity contribution in [2.75, 3.05) is 43.9 Å². The summed E-state index contributed by atoms with van der Waals surface area (Å²) in [6, 6.07) is 15.7. The molecule has 196 valence electrons. The highest BCUT2D eigenvalue weighted by molar-refractivity contribution is 5.92. The summed E-state index contributed by atoms with van der Waals surface area (Å²) in [7, 11) is 0. The van der Waals surface area contributed by atoms with E-state index in [0.717, 1.165) is 65.5 Å². The third-order valence-electron chi connectivity index (χ3n) is 7.28. The molecule has 1 aliphatic heterocycles. The number of nitrogens with two attached hydrogens (primary N) is 1. The Morgan fingerprint density at radius 2 is 1.97 bits per heavy atom. The monoisotopic (exact) mass is 512 g/mol. The van der Waals surface area contributed by atoms with Gasteiger partial charge in [-0.05, 0) is 42.7 Å². The average molecular weight is 513 g/mol. The fourth-order valence-corrected chi connectivity index (χ4v) is 5.04. The van der Waals surface area contributed by atoms with Crippen LogP contribution in [0.5, 0.6) is 5.75 Å². The number of imidazole rings is 1. The van der Waals surface area contributed by atoms with Gasteiger partial charge in [0.2, 0.25) is 5.91 Å². The van der Waals surface area contributed by atoms with Gasteiger partial charge in [0.15, 0.2) is 0 Å². The zero-order valence-electron chi connectivity index (χ0n) is 21.3. The van der Waals surface area contributed by atoms with Crippen molar-refractivity contribution in [2.45, 2.75) is 31.8 Å². The highest BCUT2D eigenvalue weighted by Crippen LogP contribution is 2.39. The third kappa shape index (κ3) is 5.20. The minimum absolute atomic E-state index is 0.0278. The van der Waals surface area contributed by atoms with Crippen LogP contribution in [0.1, 0.15) is 36.6 Å². The minimum Gasteiger partial charge on any atom is -0.489 e. The number of carbonyl (C=O) groups excluding carboxylic acids is 1. The maximum absolute atomic E-state index is 12.5. The van der Waals surface area contributed by atoms with E-state index in [-0.39, 0.29) is 5.91 Å². The van der Waals surface area contributed by atoms with E-state index >= 15 is 0 Å². The molecule has 0 atom stereocenters. The van der Waals surface area contributed by atoms with Crippen LogP contribution in [0.2, 0.25) is 0 Å². The Labute approximate surface area is 221 Å². The number of morpholine rings is 1. The van der Waals surface area contributed by atoms with Gasteiger partial charge < -0.3 is 20.5 Å². The molecule has 1 saturated carbocycles. The number of fused-ring (bicyclic) bond motifs is 1. The topological polar surface area (TPSA) is 107 Å². The number of rotatable bonds is 8. The van der Waals surface area contributed by atoms with E-state index in [2.05, 4.69) is 19.6 Å². The van der Waals surface area contributed by atoms with Crippen LogP contribution in [-0.4, -0.2) is 58.0 Å². The van der Waals surface area contributed by atoms with Crippen LogP contribution in [-0.2, 0) is 16.1 Å². The molecular weight excluding hydrogens is 480 g/mol. The molecule has 0 radical (unpaired) electrons. The Hall–Kier alpha value is -3.95. The molecule has 1 aliphatic carbocycles. The lowest BCUT2D eigenvalue weighted by Crippen LogP contribution is -2.41. The Balaban J connectivity index is 1.15. The molecule has 3 heterocycles. The number of nitrogens with zero attached hydrogens (tertiary/aromatic N) is 4. The first-order valence-corrected chi connectivity index (χ1v) is 13.2. The smallest absolute Gasteiger partial charge is 0.238 e. The number of ether oxygens (including phenoxy) is 2. The Morgan fingerprint density at radius 1 is 1.13 bits per heavy atom. The predicted molar refractivity (Wildman–Crippen MR) is 146 cm³/mol. The second kappa shape index (κ2) is 10.8. The average Bonchev–Trinajstić information content (AvgIpc) is 3.28. The van der Waals surface area contributed by atoms with Gasteiger partial charge in [0.1, 0.15) is 35.2 Å². The number of hydrogen-bond acceptors (Lipinski definition) is 7. The number of nitrogen functional groups attached to an aromatic ring is 1. The maximum atomic E-state index is 12.5. The lowest BCUT2D eigenvalue weighted by molar-refractivity contribution is -0.118. The van der Waals surface area contributed by atoms with Crippen LogP contribution in [0, 0.1) is 0 Å². The molecule has 1 amide bonds.